The maximum atomic E-state index is 13.1. The molecular weight excluding hydrogens is 259 g/mol. The van der Waals surface area contributed by atoms with Crippen molar-refractivity contribution in [1.82, 2.24) is 4.98 Å². The highest BCUT2D eigenvalue weighted by Gasteiger charge is 2.14. The van der Waals surface area contributed by atoms with Gasteiger partial charge in [-0.15, -0.1) is 12.4 Å². The Bertz CT molecular complexity index is 577. The Morgan fingerprint density at radius 3 is 2.83 bits per heavy atom. The monoisotopic (exact) mass is 270 g/mol. The lowest BCUT2D eigenvalue weighted by molar-refractivity contribution is -0.138. The van der Waals surface area contributed by atoms with Crippen molar-refractivity contribution >= 4 is 29.3 Å². The molecule has 0 bridgehead atoms. The van der Waals surface area contributed by atoms with Gasteiger partial charge in [0.2, 0.25) is 0 Å². The number of nitrogens with two attached hydrogens (primary N) is 1. The van der Waals surface area contributed by atoms with Crippen molar-refractivity contribution in [2.24, 2.45) is 5.73 Å². The summed E-state index contributed by atoms with van der Waals surface area (Å²) in [7, 11) is 0. The van der Waals surface area contributed by atoms with E-state index < -0.39 is 12.0 Å². The van der Waals surface area contributed by atoms with Gasteiger partial charge in [0, 0.05) is 11.6 Å². The van der Waals surface area contributed by atoms with Gasteiger partial charge >= 0.3 is 5.97 Å². The number of carboxylic acids is 1. The van der Waals surface area contributed by atoms with Crippen LogP contribution in [0.4, 0.5) is 4.39 Å². The third-order valence-electron chi connectivity index (χ3n) is 2.55. The number of nitrogens with zero attached hydrogens (tertiary/aromatic N) is 1. The van der Waals surface area contributed by atoms with Gasteiger partial charge in [-0.25, -0.2) is 4.39 Å². The summed E-state index contributed by atoms with van der Waals surface area (Å²) in [6.45, 7) is 0. The normalized spacial score (nSPS) is 11.9. The lowest BCUT2D eigenvalue weighted by Gasteiger charge is -2.09. The van der Waals surface area contributed by atoms with Crippen molar-refractivity contribution in [2.45, 2.75) is 12.5 Å². The number of rotatable bonds is 3. The molecule has 3 N–H and O–H groups in total. The second kappa shape index (κ2) is 5.75. The van der Waals surface area contributed by atoms with Crippen LogP contribution in [0.25, 0.3) is 10.9 Å². The number of benzene rings is 1. The number of carbonyl (C=O) groups is 1. The van der Waals surface area contributed by atoms with Crippen LogP contribution in [-0.4, -0.2) is 22.1 Å². The van der Waals surface area contributed by atoms with Crippen LogP contribution in [0.3, 0.4) is 0 Å². The largest absolute Gasteiger partial charge is 0.480 e. The minimum Gasteiger partial charge on any atom is -0.480 e. The summed E-state index contributed by atoms with van der Waals surface area (Å²) in [5.41, 5.74) is 6.77. The van der Waals surface area contributed by atoms with Gasteiger partial charge in [0.1, 0.15) is 11.9 Å². The molecule has 0 radical (unpaired) electrons. The van der Waals surface area contributed by atoms with E-state index in [2.05, 4.69) is 4.98 Å². The highest BCUT2D eigenvalue weighted by Crippen LogP contribution is 2.19. The maximum Gasteiger partial charge on any atom is 0.320 e. The first kappa shape index (κ1) is 14.3. The second-order valence-electron chi connectivity index (χ2n) is 3.78. The van der Waals surface area contributed by atoms with Crippen LogP contribution in [0.5, 0.6) is 0 Å². The topological polar surface area (TPSA) is 76.2 Å². The smallest absolute Gasteiger partial charge is 0.320 e. The summed E-state index contributed by atoms with van der Waals surface area (Å²) in [5.74, 6) is -1.46. The van der Waals surface area contributed by atoms with Crippen LogP contribution in [0.1, 0.15) is 5.56 Å². The molecule has 0 aliphatic heterocycles. The zero-order chi connectivity index (χ0) is 12.4. The highest BCUT2D eigenvalue weighted by molar-refractivity contribution is 5.85. The van der Waals surface area contributed by atoms with E-state index in [4.69, 9.17) is 10.8 Å². The quantitative estimate of drug-likeness (QED) is 0.891. The molecule has 18 heavy (non-hydrogen) atoms. The molecule has 1 aromatic heterocycles. The van der Waals surface area contributed by atoms with Crippen LogP contribution < -0.4 is 5.73 Å². The summed E-state index contributed by atoms with van der Waals surface area (Å²) in [6.07, 6.45) is 1.71. The molecule has 4 nitrogen and oxygen atoms in total. The SMILES string of the molecule is Cl.N[C@@H](Cc1ccnc2ccc(F)cc12)C(=O)O. The number of carboxylic acid groups (broad SMARTS) is 1. The molecule has 0 spiro atoms. The van der Waals surface area contributed by atoms with E-state index in [1.807, 2.05) is 0 Å². The standard InChI is InChI=1S/C12H11FN2O2.ClH/c13-8-1-2-11-9(6-8)7(3-4-15-11)5-10(14)12(16)17;/h1-4,6,10H,5,14H2,(H,16,17);1H/t10-;/m0./s1. The van der Waals surface area contributed by atoms with E-state index in [1.54, 1.807) is 18.3 Å². The van der Waals surface area contributed by atoms with Gasteiger partial charge in [-0.1, -0.05) is 0 Å². The van der Waals surface area contributed by atoms with Gasteiger partial charge in [-0.3, -0.25) is 9.78 Å². The second-order valence-corrected chi connectivity index (χ2v) is 3.78. The number of pyridine rings is 1. The zero-order valence-electron chi connectivity index (χ0n) is 9.34. The Balaban J connectivity index is 0.00000162. The van der Waals surface area contributed by atoms with Gasteiger partial charge in [0.25, 0.3) is 0 Å². The van der Waals surface area contributed by atoms with Crippen LogP contribution in [0.15, 0.2) is 30.5 Å². The van der Waals surface area contributed by atoms with Crippen molar-refractivity contribution in [3.63, 3.8) is 0 Å². The third kappa shape index (κ3) is 2.94. The lowest BCUT2D eigenvalue weighted by Crippen LogP contribution is -2.32. The average Bonchev–Trinajstić information content (AvgIpc) is 2.29. The third-order valence-corrected chi connectivity index (χ3v) is 2.55. The Morgan fingerprint density at radius 2 is 2.17 bits per heavy atom. The molecule has 0 aliphatic carbocycles. The van der Waals surface area contributed by atoms with E-state index in [0.717, 1.165) is 0 Å². The minimum atomic E-state index is -1.08. The molecule has 1 atom stereocenters. The number of aromatic nitrogens is 1. The van der Waals surface area contributed by atoms with Gasteiger partial charge in [-0.05, 0) is 36.2 Å². The van der Waals surface area contributed by atoms with E-state index in [0.29, 0.717) is 16.5 Å². The van der Waals surface area contributed by atoms with E-state index in [9.17, 15) is 9.18 Å². The van der Waals surface area contributed by atoms with E-state index in [1.165, 1.54) is 12.1 Å². The predicted octanol–water partition coefficient (Wildman–Crippen LogP) is 1.75. The molecule has 0 amide bonds. The van der Waals surface area contributed by atoms with E-state index >= 15 is 0 Å². The van der Waals surface area contributed by atoms with Crippen molar-refractivity contribution in [3.05, 3.63) is 41.8 Å². The van der Waals surface area contributed by atoms with Crippen LogP contribution in [-0.2, 0) is 11.2 Å². The molecule has 1 aromatic carbocycles. The fourth-order valence-electron chi connectivity index (χ4n) is 1.68. The molecular formula is C12H12ClFN2O2. The number of halogens is 2. The first-order valence-corrected chi connectivity index (χ1v) is 5.09. The number of fused-ring (bicyclic) bond motifs is 1. The molecule has 0 saturated carbocycles. The highest BCUT2D eigenvalue weighted by atomic mass is 35.5. The lowest BCUT2D eigenvalue weighted by atomic mass is 10.0. The summed E-state index contributed by atoms with van der Waals surface area (Å²) in [5, 5.41) is 9.36. The van der Waals surface area contributed by atoms with Crippen LogP contribution >= 0.6 is 12.4 Å². The molecule has 0 unspecified atom stereocenters. The summed E-state index contributed by atoms with van der Waals surface area (Å²) < 4.78 is 13.1. The first-order chi connectivity index (χ1) is 8.08. The molecule has 6 heteroatoms. The maximum absolute atomic E-state index is 13.1. The molecule has 0 aliphatic rings. The fourth-order valence-corrected chi connectivity index (χ4v) is 1.68. The number of aliphatic carboxylic acids is 1. The summed E-state index contributed by atoms with van der Waals surface area (Å²) in [4.78, 5) is 14.8. The number of hydrogen-bond acceptors (Lipinski definition) is 3. The molecule has 2 rings (SSSR count). The Morgan fingerprint density at radius 1 is 1.44 bits per heavy atom. The van der Waals surface area contributed by atoms with E-state index in [-0.39, 0.29) is 24.6 Å². The van der Waals surface area contributed by atoms with Crippen LogP contribution in [0.2, 0.25) is 0 Å². The van der Waals surface area contributed by atoms with Gasteiger partial charge in [0.05, 0.1) is 5.52 Å². The Labute approximate surface area is 109 Å². The molecule has 1 heterocycles. The van der Waals surface area contributed by atoms with Crippen molar-refractivity contribution in [3.8, 4) is 0 Å². The van der Waals surface area contributed by atoms with Gasteiger partial charge in [0.15, 0.2) is 0 Å². The van der Waals surface area contributed by atoms with Crippen molar-refractivity contribution in [2.75, 3.05) is 0 Å². The van der Waals surface area contributed by atoms with Crippen LogP contribution in [0, 0.1) is 5.82 Å². The zero-order valence-corrected chi connectivity index (χ0v) is 10.2. The minimum absolute atomic E-state index is 0. The number of hydrogen-bond donors (Lipinski definition) is 2. The van der Waals surface area contributed by atoms with Crippen molar-refractivity contribution in [1.29, 1.82) is 0 Å². The molecule has 0 fully saturated rings. The van der Waals surface area contributed by atoms with Gasteiger partial charge < -0.3 is 10.8 Å². The first-order valence-electron chi connectivity index (χ1n) is 5.09. The average molecular weight is 271 g/mol. The van der Waals surface area contributed by atoms with Gasteiger partial charge in [-0.2, -0.15) is 0 Å². The molecule has 96 valence electrons. The molecule has 2 aromatic rings. The fraction of sp³-hybridized carbons (Fsp3) is 0.167. The van der Waals surface area contributed by atoms with Crippen molar-refractivity contribution < 1.29 is 14.3 Å². The summed E-state index contributed by atoms with van der Waals surface area (Å²) in [6, 6.07) is 4.87. The Kier molecular flexibility index (Phi) is 4.58. The predicted molar refractivity (Wildman–Crippen MR) is 68.3 cm³/mol. The Hall–Kier alpha value is -1.72. The summed E-state index contributed by atoms with van der Waals surface area (Å²) >= 11 is 0. The molecule has 0 saturated heterocycles.